The fraction of sp³-hybridized carbons (Fsp3) is 0.0625. The minimum absolute atomic E-state index is 0.0521. The van der Waals surface area contributed by atoms with E-state index in [0.717, 1.165) is 16.3 Å². The molecule has 0 unspecified atom stereocenters. The first-order valence-electron chi connectivity index (χ1n) is 6.56. The van der Waals surface area contributed by atoms with Crippen molar-refractivity contribution in [2.24, 2.45) is 0 Å². The third kappa shape index (κ3) is 1.15. The molecule has 0 amide bonds. The fourth-order valence-corrected chi connectivity index (χ4v) is 3.16. The van der Waals surface area contributed by atoms with Gasteiger partial charge in [0.25, 0.3) is 5.56 Å². The summed E-state index contributed by atoms with van der Waals surface area (Å²) in [5.74, 6) is 0.558. The van der Waals surface area contributed by atoms with E-state index in [1.165, 1.54) is 0 Å². The molecule has 0 radical (unpaired) electrons. The second-order valence-electron chi connectivity index (χ2n) is 5.12. The van der Waals surface area contributed by atoms with Crippen molar-refractivity contribution >= 4 is 27.1 Å². The number of benzene rings is 2. The molecule has 2 aromatic carbocycles. The van der Waals surface area contributed by atoms with Crippen LogP contribution in [0, 0.1) is 0 Å². The molecule has 0 spiro atoms. The summed E-state index contributed by atoms with van der Waals surface area (Å²) in [7, 11) is 0. The normalized spacial score (nSPS) is 13.7. The zero-order valence-corrected chi connectivity index (χ0v) is 10.8. The lowest BCUT2D eigenvalue weighted by atomic mass is 10.0. The highest BCUT2D eigenvalue weighted by molar-refractivity contribution is 6.13. The summed E-state index contributed by atoms with van der Waals surface area (Å²) in [5, 5.41) is 13.2. The molecule has 0 aliphatic carbocycles. The Morgan fingerprint density at radius 2 is 2.05 bits per heavy atom. The lowest BCUT2D eigenvalue weighted by Gasteiger charge is -2.09. The van der Waals surface area contributed by atoms with Gasteiger partial charge in [-0.15, -0.1) is 0 Å². The second-order valence-corrected chi connectivity index (χ2v) is 5.12. The molecule has 102 valence electrons. The minimum Gasteiger partial charge on any atom is -0.504 e. The molecule has 5 rings (SSSR count). The Morgan fingerprint density at radius 3 is 2.95 bits per heavy atom. The molecule has 0 fully saturated rings. The van der Waals surface area contributed by atoms with E-state index in [9.17, 15) is 9.90 Å². The van der Waals surface area contributed by atoms with Gasteiger partial charge in [0.05, 0.1) is 10.9 Å². The molecule has 0 atom stereocenters. The molecule has 5 heteroatoms. The van der Waals surface area contributed by atoms with E-state index in [4.69, 9.17) is 9.47 Å². The Morgan fingerprint density at radius 1 is 1.14 bits per heavy atom. The molecule has 0 bridgehead atoms. The van der Waals surface area contributed by atoms with Crippen LogP contribution in [0.1, 0.15) is 0 Å². The molecular formula is C16H9NO4. The van der Waals surface area contributed by atoms with Crippen LogP contribution in [0.25, 0.3) is 27.1 Å². The standard InChI is InChI=1S/C16H9NO4/c18-14-12-10(6-11-15(14)21-7-20-11)9-3-1-2-8-4-5-17(13(8)9)16(12)19/h1-6,18H,7H2. The smallest absolute Gasteiger partial charge is 0.266 e. The number of aromatic hydroxyl groups is 1. The van der Waals surface area contributed by atoms with Crippen LogP contribution >= 0.6 is 0 Å². The van der Waals surface area contributed by atoms with Crippen LogP contribution in [0.3, 0.4) is 0 Å². The summed E-state index contributed by atoms with van der Waals surface area (Å²) in [6, 6.07) is 9.48. The van der Waals surface area contributed by atoms with E-state index >= 15 is 0 Å². The number of phenols is 1. The molecule has 1 N–H and O–H groups in total. The molecule has 5 nitrogen and oxygen atoms in total. The molecule has 4 aromatic rings. The maximum Gasteiger partial charge on any atom is 0.266 e. The summed E-state index contributed by atoms with van der Waals surface area (Å²) >= 11 is 0. The Balaban J connectivity index is 2.18. The van der Waals surface area contributed by atoms with Crippen molar-refractivity contribution in [3.05, 3.63) is 46.9 Å². The number of ether oxygens (including phenoxy) is 2. The first kappa shape index (κ1) is 10.8. The number of nitrogens with zero attached hydrogens (tertiary/aromatic N) is 1. The van der Waals surface area contributed by atoms with Gasteiger partial charge in [0, 0.05) is 22.4 Å². The SMILES string of the molecule is O=c1c2c(O)c3c(cc2c2cccc4ccn1c42)OCO3. The molecule has 0 saturated heterocycles. The molecule has 1 aliphatic heterocycles. The van der Waals surface area contributed by atoms with E-state index < -0.39 is 0 Å². The number of fused-ring (bicyclic) bond motifs is 3. The highest BCUT2D eigenvalue weighted by Gasteiger charge is 2.24. The van der Waals surface area contributed by atoms with Crippen molar-refractivity contribution in [3.8, 4) is 17.2 Å². The molecule has 0 saturated carbocycles. The first-order chi connectivity index (χ1) is 10.3. The average molecular weight is 279 g/mol. The highest BCUT2D eigenvalue weighted by Crippen LogP contribution is 2.46. The average Bonchev–Trinajstić information content (AvgIpc) is 3.12. The van der Waals surface area contributed by atoms with Gasteiger partial charge in [0.1, 0.15) is 0 Å². The van der Waals surface area contributed by atoms with Gasteiger partial charge in [-0.1, -0.05) is 18.2 Å². The van der Waals surface area contributed by atoms with Gasteiger partial charge in [0.15, 0.2) is 11.5 Å². The van der Waals surface area contributed by atoms with Gasteiger partial charge in [-0.2, -0.15) is 0 Å². The van der Waals surface area contributed by atoms with Crippen LogP contribution in [-0.2, 0) is 0 Å². The van der Waals surface area contributed by atoms with Crippen molar-refractivity contribution in [3.63, 3.8) is 0 Å². The Labute approximate surface area is 117 Å². The van der Waals surface area contributed by atoms with Gasteiger partial charge >= 0.3 is 0 Å². The first-order valence-corrected chi connectivity index (χ1v) is 6.56. The summed E-state index contributed by atoms with van der Waals surface area (Å²) in [6.45, 7) is 0.0521. The third-order valence-corrected chi connectivity index (χ3v) is 4.07. The van der Waals surface area contributed by atoms with Crippen LogP contribution in [0.2, 0.25) is 0 Å². The zero-order valence-electron chi connectivity index (χ0n) is 10.8. The second kappa shape index (κ2) is 3.38. The highest BCUT2D eigenvalue weighted by atomic mass is 16.7. The zero-order chi connectivity index (χ0) is 14.1. The fourth-order valence-electron chi connectivity index (χ4n) is 3.16. The van der Waals surface area contributed by atoms with E-state index in [2.05, 4.69) is 0 Å². The molecular weight excluding hydrogens is 270 g/mol. The number of hydrogen-bond acceptors (Lipinski definition) is 4. The number of hydrogen-bond donors (Lipinski definition) is 1. The van der Waals surface area contributed by atoms with E-state index in [-0.39, 0.29) is 29.2 Å². The summed E-state index contributed by atoms with van der Waals surface area (Å²) in [5.41, 5.74) is 0.600. The Hall–Kier alpha value is -2.95. The van der Waals surface area contributed by atoms with Crippen molar-refractivity contribution in [1.29, 1.82) is 0 Å². The quantitative estimate of drug-likeness (QED) is 0.502. The Bertz CT molecular complexity index is 1100. The van der Waals surface area contributed by atoms with Gasteiger partial charge in [-0.25, -0.2) is 0 Å². The monoisotopic (exact) mass is 279 g/mol. The van der Waals surface area contributed by atoms with E-state index in [0.29, 0.717) is 11.1 Å². The van der Waals surface area contributed by atoms with Crippen LogP contribution < -0.4 is 15.0 Å². The topological polar surface area (TPSA) is 60.2 Å². The predicted molar refractivity (Wildman–Crippen MR) is 77.7 cm³/mol. The van der Waals surface area contributed by atoms with Crippen molar-refractivity contribution in [2.45, 2.75) is 0 Å². The number of rotatable bonds is 0. The van der Waals surface area contributed by atoms with Gasteiger partial charge < -0.3 is 14.6 Å². The van der Waals surface area contributed by atoms with Crippen molar-refractivity contribution < 1.29 is 14.6 Å². The predicted octanol–water partition coefficient (Wildman–Crippen LogP) is 2.48. The van der Waals surface area contributed by atoms with Crippen LogP contribution in [0.5, 0.6) is 17.2 Å². The largest absolute Gasteiger partial charge is 0.504 e. The van der Waals surface area contributed by atoms with Crippen LogP contribution in [0.15, 0.2) is 41.3 Å². The Kier molecular flexibility index (Phi) is 1.74. The number of para-hydroxylation sites is 1. The summed E-state index contributed by atoms with van der Waals surface area (Å²) in [4.78, 5) is 12.7. The van der Waals surface area contributed by atoms with Crippen molar-refractivity contribution in [1.82, 2.24) is 4.40 Å². The molecule has 3 heterocycles. The lowest BCUT2D eigenvalue weighted by Crippen LogP contribution is -2.12. The lowest BCUT2D eigenvalue weighted by molar-refractivity contribution is 0.171. The third-order valence-electron chi connectivity index (χ3n) is 4.07. The van der Waals surface area contributed by atoms with Crippen molar-refractivity contribution in [2.75, 3.05) is 6.79 Å². The van der Waals surface area contributed by atoms with Gasteiger partial charge in [-0.3, -0.25) is 9.20 Å². The summed E-state index contributed by atoms with van der Waals surface area (Å²) < 4.78 is 12.2. The molecule has 1 aliphatic rings. The minimum atomic E-state index is -0.255. The maximum absolute atomic E-state index is 12.7. The summed E-state index contributed by atoms with van der Waals surface area (Å²) in [6.07, 6.45) is 1.73. The number of aromatic nitrogens is 1. The number of phenolic OH excluding ortho intramolecular Hbond substituents is 1. The van der Waals surface area contributed by atoms with Crippen LogP contribution in [0.4, 0.5) is 0 Å². The van der Waals surface area contributed by atoms with E-state index in [1.54, 1.807) is 16.7 Å². The van der Waals surface area contributed by atoms with Gasteiger partial charge in [-0.05, 0) is 12.1 Å². The molecule has 2 aromatic heterocycles. The van der Waals surface area contributed by atoms with Gasteiger partial charge in [0.2, 0.25) is 12.5 Å². The van der Waals surface area contributed by atoms with E-state index in [1.807, 2.05) is 24.3 Å². The maximum atomic E-state index is 12.7. The molecule has 21 heavy (non-hydrogen) atoms. The number of pyridine rings is 1. The van der Waals surface area contributed by atoms with Crippen LogP contribution in [-0.4, -0.2) is 16.3 Å².